The van der Waals surface area contributed by atoms with Gasteiger partial charge in [-0.05, 0) is 31.9 Å². The molecule has 0 aromatic heterocycles. The van der Waals surface area contributed by atoms with Crippen LogP contribution in [-0.2, 0) is 9.53 Å². The lowest BCUT2D eigenvalue weighted by Crippen LogP contribution is -2.40. The van der Waals surface area contributed by atoms with E-state index in [1.807, 2.05) is 31.2 Å². The quantitative estimate of drug-likeness (QED) is 0.898. The number of benzene rings is 1. The molecule has 0 amide bonds. The van der Waals surface area contributed by atoms with E-state index in [0.29, 0.717) is 26.1 Å². The summed E-state index contributed by atoms with van der Waals surface area (Å²) in [5, 5.41) is 9.44. The number of rotatable bonds is 3. The van der Waals surface area contributed by atoms with Crippen molar-refractivity contribution in [2.24, 2.45) is 0 Å². The van der Waals surface area contributed by atoms with Crippen molar-refractivity contribution in [1.82, 2.24) is 0 Å². The van der Waals surface area contributed by atoms with Crippen LogP contribution in [0.2, 0.25) is 0 Å². The average molecular weight is 252 g/mol. The summed E-state index contributed by atoms with van der Waals surface area (Å²) in [6.45, 7) is 3.08. The highest BCUT2D eigenvalue weighted by atomic mass is 32.2. The van der Waals surface area contributed by atoms with Gasteiger partial charge < -0.3 is 9.84 Å². The SMILES string of the molecule is Cc1cccc(SC2(C(=O)O)CCOCC2)c1. The maximum absolute atomic E-state index is 11.5. The van der Waals surface area contributed by atoms with E-state index in [9.17, 15) is 9.90 Å². The molecular weight excluding hydrogens is 236 g/mol. The van der Waals surface area contributed by atoms with Crippen LogP contribution >= 0.6 is 11.8 Å². The van der Waals surface area contributed by atoms with Crippen LogP contribution in [0.15, 0.2) is 29.2 Å². The predicted molar refractivity (Wildman–Crippen MR) is 67.5 cm³/mol. The van der Waals surface area contributed by atoms with Crippen molar-refractivity contribution in [2.75, 3.05) is 13.2 Å². The minimum atomic E-state index is -0.729. The second-order valence-electron chi connectivity index (χ2n) is 4.33. The van der Waals surface area contributed by atoms with Crippen LogP contribution < -0.4 is 0 Å². The molecule has 1 aromatic rings. The summed E-state index contributed by atoms with van der Waals surface area (Å²) in [5.74, 6) is -0.729. The Kier molecular flexibility index (Phi) is 3.74. The first kappa shape index (κ1) is 12.5. The molecule has 4 heteroatoms. The highest BCUT2D eigenvalue weighted by Gasteiger charge is 2.41. The summed E-state index contributed by atoms with van der Waals surface area (Å²) in [5.41, 5.74) is 1.16. The number of aliphatic carboxylic acids is 1. The number of hydrogen-bond acceptors (Lipinski definition) is 3. The molecule has 17 heavy (non-hydrogen) atoms. The van der Waals surface area contributed by atoms with E-state index in [1.165, 1.54) is 11.8 Å². The zero-order chi connectivity index (χ0) is 12.3. The second kappa shape index (κ2) is 5.10. The van der Waals surface area contributed by atoms with Crippen LogP contribution in [0.25, 0.3) is 0 Å². The number of hydrogen-bond donors (Lipinski definition) is 1. The van der Waals surface area contributed by atoms with Crippen LogP contribution in [0, 0.1) is 6.92 Å². The van der Waals surface area contributed by atoms with E-state index in [2.05, 4.69) is 0 Å². The Morgan fingerprint density at radius 3 is 2.71 bits per heavy atom. The van der Waals surface area contributed by atoms with Gasteiger partial charge in [-0.1, -0.05) is 17.7 Å². The van der Waals surface area contributed by atoms with Gasteiger partial charge in [0.05, 0.1) is 0 Å². The molecule has 1 aliphatic heterocycles. The second-order valence-corrected chi connectivity index (χ2v) is 5.79. The number of aryl methyl sites for hydroxylation is 1. The summed E-state index contributed by atoms with van der Waals surface area (Å²) in [6, 6.07) is 7.98. The highest BCUT2D eigenvalue weighted by molar-refractivity contribution is 8.01. The number of thioether (sulfide) groups is 1. The fraction of sp³-hybridized carbons (Fsp3) is 0.462. The molecule has 0 saturated carbocycles. The van der Waals surface area contributed by atoms with Gasteiger partial charge >= 0.3 is 5.97 Å². The van der Waals surface area contributed by atoms with Gasteiger partial charge in [0.15, 0.2) is 0 Å². The maximum Gasteiger partial charge on any atom is 0.320 e. The van der Waals surface area contributed by atoms with Gasteiger partial charge in [0, 0.05) is 18.1 Å². The molecule has 1 N–H and O–H groups in total. The number of ether oxygens (including phenoxy) is 1. The highest BCUT2D eigenvalue weighted by Crippen LogP contribution is 2.40. The average Bonchev–Trinajstić information content (AvgIpc) is 2.30. The Hall–Kier alpha value is -1.00. The lowest BCUT2D eigenvalue weighted by atomic mass is 9.99. The molecule has 1 saturated heterocycles. The summed E-state index contributed by atoms with van der Waals surface area (Å²) in [7, 11) is 0. The Labute approximate surface area is 105 Å². The minimum Gasteiger partial charge on any atom is -0.480 e. The van der Waals surface area contributed by atoms with Crippen molar-refractivity contribution >= 4 is 17.7 Å². The van der Waals surface area contributed by atoms with Gasteiger partial charge in [0.2, 0.25) is 0 Å². The lowest BCUT2D eigenvalue weighted by Gasteiger charge is -2.32. The molecule has 0 aliphatic carbocycles. The largest absolute Gasteiger partial charge is 0.480 e. The van der Waals surface area contributed by atoms with Crippen LogP contribution in [0.5, 0.6) is 0 Å². The fourth-order valence-corrected chi connectivity index (χ4v) is 3.27. The molecular formula is C13H16O3S. The van der Waals surface area contributed by atoms with E-state index in [0.717, 1.165) is 10.5 Å². The third-order valence-corrected chi connectivity index (χ3v) is 4.46. The number of carboxylic acid groups (broad SMARTS) is 1. The Balaban J connectivity index is 2.20. The molecule has 0 spiro atoms. The molecule has 2 rings (SSSR count). The molecule has 0 atom stereocenters. The van der Waals surface area contributed by atoms with E-state index in [4.69, 9.17) is 4.74 Å². The Morgan fingerprint density at radius 1 is 1.41 bits per heavy atom. The Morgan fingerprint density at radius 2 is 2.12 bits per heavy atom. The molecule has 3 nitrogen and oxygen atoms in total. The molecule has 1 fully saturated rings. The van der Waals surface area contributed by atoms with Crippen molar-refractivity contribution in [2.45, 2.75) is 29.4 Å². The lowest BCUT2D eigenvalue weighted by molar-refractivity contribution is -0.142. The van der Waals surface area contributed by atoms with Crippen LogP contribution in [-0.4, -0.2) is 29.0 Å². The topological polar surface area (TPSA) is 46.5 Å². The summed E-state index contributed by atoms with van der Waals surface area (Å²) in [4.78, 5) is 12.5. The van der Waals surface area contributed by atoms with Crippen molar-refractivity contribution < 1.29 is 14.6 Å². The molecule has 0 bridgehead atoms. The van der Waals surface area contributed by atoms with Crippen molar-refractivity contribution in [3.63, 3.8) is 0 Å². The zero-order valence-electron chi connectivity index (χ0n) is 9.81. The standard InChI is InChI=1S/C13H16O3S/c1-10-3-2-4-11(9-10)17-13(12(14)15)5-7-16-8-6-13/h2-4,9H,5-8H2,1H3,(H,14,15). The monoisotopic (exact) mass is 252 g/mol. The maximum atomic E-state index is 11.5. The van der Waals surface area contributed by atoms with Gasteiger partial charge in [-0.2, -0.15) is 0 Å². The van der Waals surface area contributed by atoms with Gasteiger partial charge in [-0.3, -0.25) is 4.79 Å². The summed E-state index contributed by atoms with van der Waals surface area (Å²) < 4.78 is 4.54. The smallest absolute Gasteiger partial charge is 0.320 e. The van der Waals surface area contributed by atoms with Crippen molar-refractivity contribution in [1.29, 1.82) is 0 Å². The third kappa shape index (κ3) is 2.82. The first-order chi connectivity index (χ1) is 8.12. The van der Waals surface area contributed by atoms with Gasteiger partial charge in [-0.25, -0.2) is 0 Å². The van der Waals surface area contributed by atoms with Crippen LogP contribution in [0.4, 0.5) is 0 Å². The van der Waals surface area contributed by atoms with Gasteiger partial charge in [0.1, 0.15) is 4.75 Å². The van der Waals surface area contributed by atoms with E-state index in [-0.39, 0.29) is 0 Å². The zero-order valence-corrected chi connectivity index (χ0v) is 10.6. The molecule has 1 heterocycles. The Bertz CT molecular complexity index is 411. The molecule has 1 aromatic carbocycles. The van der Waals surface area contributed by atoms with Crippen molar-refractivity contribution in [3.8, 4) is 0 Å². The van der Waals surface area contributed by atoms with E-state index in [1.54, 1.807) is 0 Å². The normalized spacial score (nSPS) is 18.9. The predicted octanol–water partition coefficient (Wildman–Crippen LogP) is 2.72. The molecule has 0 unspecified atom stereocenters. The summed E-state index contributed by atoms with van der Waals surface area (Å²) in [6.07, 6.45) is 1.14. The van der Waals surface area contributed by atoms with Crippen LogP contribution in [0.3, 0.4) is 0 Å². The number of carbonyl (C=O) groups is 1. The van der Waals surface area contributed by atoms with E-state index < -0.39 is 10.7 Å². The van der Waals surface area contributed by atoms with Gasteiger partial charge in [-0.15, -0.1) is 11.8 Å². The minimum absolute atomic E-state index is 0.533. The number of carboxylic acids is 1. The van der Waals surface area contributed by atoms with E-state index >= 15 is 0 Å². The first-order valence-corrected chi connectivity index (χ1v) is 6.51. The fourth-order valence-electron chi connectivity index (χ4n) is 1.97. The third-order valence-electron chi connectivity index (χ3n) is 2.99. The van der Waals surface area contributed by atoms with Crippen LogP contribution in [0.1, 0.15) is 18.4 Å². The van der Waals surface area contributed by atoms with Crippen molar-refractivity contribution in [3.05, 3.63) is 29.8 Å². The molecule has 92 valence electrons. The molecule has 1 aliphatic rings. The molecule has 0 radical (unpaired) electrons. The van der Waals surface area contributed by atoms with Gasteiger partial charge in [0.25, 0.3) is 0 Å². The summed E-state index contributed by atoms with van der Waals surface area (Å²) >= 11 is 1.45. The first-order valence-electron chi connectivity index (χ1n) is 5.69.